The molecule has 0 bridgehead atoms. The highest BCUT2D eigenvalue weighted by Crippen LogP contribution is 2.50. The van der Waals surface area contributed by atoms with Gasteiger partial charge < -0.3 is 33.9 Å². The lowest BCUT2D eigenvalue weighted by Gasteiger charge is -2.28. The van der Waals surface area contributed by atoms with Crippen LogP contribution in [0.25, 0.3) is 0 Å². The number of phosphoric ester groups is 1. The molecule has 2 heterocycles. The van der Waals surface area contributed by atoms with Gasteiger partial charge in [-0.25, -0.2) is 23.2 Å². The van der Waals surface area contributed by atoms with E-state index < -0.39 is 69.9 Å². The highest BCUT2D eigenvalue weighted by atomic mass is 32.1. The van der Waals surface area contributed by atoms with Gasteiger partial charge in [-0.2, -0.15) is 0 Å². The van der Waals surface area contributed by atoms with Crippen molar-refractivity contribution >= 4 is 32.4 Å². The van der Waals surface area contributed by atoms with E-state index in [0.717, 1.165) is 6.07 Å². The summed E-state index contributed by atoms with van der Waals surface area (Å²) in [4.78, 5) is 36.4. The van der Waals surface area contributed by atoms with E-state index >= 15 is 0 Å². The Morgan fingerprint density at radius 1 is 1.14 bits per heavy atom. The fourth-order valence-electron chi connectivity index (χ4n) is 2.86. The maximum atomic E-state index is 13.0. The minimum Gasteiger partial charge on any atom is -0.435 e. The number of hydrogen-bond acceptors (Lipinski definition) is 15. The van der Waals surface area contributed by atoms with Gasteiger partial charge in [-0.1, -0.05) is 0 Å². The molecule has 1 aromatic heterocycles. The maximum absolute atomic E-state index is 13.0. The Hall–Kier alpha value is -2.37. The smallest absolute Gasteiger partial charge is 0.435 e. The van der Waals surface area contributed by atoms with Crippen LogP contribution in [0, 0.1) is 4.77 Å². The number of H-pyrrole nitrogens is 1. The molecule has 204 valence electrons. The Kier molecular flexibility index (Phi) is 11.0. The predicted octanol–water partition coefficient (Wildman–Crippen LogP) is 1.33. The van der Waals surface area contributed by atoms with Crippen molar-refractivity contribution in [2.24, 2.45) is 0 Å². The normalized spacial score (nSPS) is 23.8. The molecule has 1 aromatic rings. The van der Waals surface area contributed by atoms with E-state index in [1.807, 2.05) is 0 Å². The number of aliphatic hydroxyl groups excluding tert-OH is 1. The van der Waals surface area contributed by atoms with Crippen molar-refractivity contribution in [3.63, 3.8) is 0 Å². The summed E-state index contributed by atoms with van der Waals surface area (Å²) in [5.74, 6) is 0. The van der Waals surface area contributed by atoms with Crippen molar-refractivity contribution < 1.29 is 61.6 Å². The summed E-state index contributed by atoms with van der Waals surface area (Å²) in [5, 5.41) is 21.4. The first-order valence-corrected chi connectivity index (χ1v) is 12.3. The second-order valence-electron chi connectivity index (χ2n) is 7.11. The molecule has 0 spiro atoms. The van der Waals surface area contributed by atoms with Crippen LogP contribution in [0.2, 0.25) is 0 Å². The van der Waals surface area contributed by atoms with Crippen molar-refractivity contribution in [3.8, 4) is 0 Å². The third-order valence-electron chi connectivity index (χ3n) is 4.55. The van der Waals surface area contributed by atoms with Gasteiger partial charge in [0.25, 0.3) is 5.56 Å². The van der Waals surface area contributed by atoms with E-state index in [9.17, 15) is 29.2 Å². The molecule has 0 radical (unpaired) electrons. The molecular formula is C18H27N2O14PS. The molecular weight excluding hydrogens is 531 g/mol. The molecule has 3 N–H and O–H groups in total. The van der Waals surface area contributed by atoms with Gasteiger partial charge in [0, 0.05) is 12.3 Å². The molecule has 2 rings (SSSR count). The molecule has 0 amide bonds. The quantitative estimate of drug-likeness (QED) is 0.143. The van der Waals surface area contributed by atoms with Gasteiger partial charge in [-0.3, -0.25) is 18.9 Å². The Bertz CT molecular complexity index is 1030. The van der Waals surface area contributed by atoms with E-state index in [-0.39, 0.29) is 18.0 Å². The summed E-state index contributed by atoms with van der Waals surface area (Å²) >= 11 is 5.07. The molecule has 18 heteroatoms. The number of phosphoric acid groups is 1. The summed E-state index contributed by atoms with van der Waals surface area (Å²) in [7, 11) is -4.61. The van der Waals surface area contributed by atoms with Crippen LogP contribution < -0.4 is 5.56 Å². The lowest BCUT2D eigenvalue weighted by molar-refractivity contribution is -0.0984. The number of aromatic nitrogens is 2. The summed E-state index contributed by atoms with van der Waals surface area (Å²) in [6.45, 7) is 1.78. The largest absolute Gasteiger partial charge is 0.510 e. The molecule has 1 aliphatic heterocycles. The van der Waals surface area contributed by atoms with Gasteiger partial charge in [0.05, 0.1) is 19.8 Å². The van der Waals surface area contributed by atoms with Crippen LogP contribution in [0.4, 0.5) is 9.59 Å². The second-order valence-corrected chi connectivity index (χ2v) is 9.16. The van der Waals surface area contributed by atoms with Crippen molar-refractivity contribution in [2.45, 2.75) is 44.8 Å². The predicted molar refractivity (Wildman–Crippen MR) is 118 cm³/mol. The van der Waals surface area contributed by atoms with Crippen LogP contribution in [0.5, 0.6) is 0 Å². The standard InChI is InChI=1S/C18H27N2O14PS/c1-4-27-16(23)29-9-32-35(26,33-10-30-17(24)28-5-2)31-8-11-13(22)18(3,25)14(34-11)20-7-6-12(21)19-15(20)36/h6-7,11,13-14,22,25H,4-5,8-10H2,1-3H3,(H,19,21,36)/t11-,13?,14-,18-/m1/s1. The number of aliphatic hydroxyl groups is 2. The van der Waals surface area contributed by atoms with Crippen molar-refractivity contribution in [1.82, 2.24) is 9.55 Å². The average Bonchev–Trinajstić information content (AvgIpc) is 3.01. The van der Waals surface area contributed by atoms with Gasteiger partial charge in [-0.15, -0.1) is 0 Å². The van der Waals surface area contributed by atoms with Gasteiger partial charge in [0.2, 0.25) is 13.6 Å². The minimum absolute atomic E-state index is 0.00813. The molecule has 1 aliphatic rings. The van der Waals surface area contributed by atoms with E-state index in [0.29, 0.717) is 0 Å². The molecule has 1 unspecified atom stereocenters. The summed E-state index contributed by atoms with van der Waals surface area (Å²) < 4.78 is 52.8. The van der Waals surface area contributed by atoms with Crippen LogP contribution in [0.15, 0.2) is 17.1 Å². The zero-order chi connectivity index (χ0) is 26.9. The Balaban J connectivity index is 2.09. The van der Waals surface area contributed by atoms with Gasteiger partial charge in [0.1, 0.15) is 17.8 Å². The SMILES string of the molecule is CCOC(=O)OCOP(=O)(OCOC(=O)OCC)OC[C@H]1O[C@@H](n2ccc(=O)[nH]c2=S)[C@](C)(O)C1O. The Morgan fingerprint density at radius 2 is 1.69 bits per heavy atom. The Labute approximate surface area is 209 Å². The molecule has 1 fully saturated rings. The van der Waals surface area contributed by atoms with Gasteiger partial charge >= 0.3 is 20.1 Å². The first-order valence-electron chi connectivity index (χ1n) is 10.4. The summed E-state index contributed by atoms with van der Waals surface area (Å²) in [6.07, 6.45) is -5.18. The molecule has 36 heavy (non-hydrogen) atoms. The first kappa shape index (κ1) is 29.9. The van der Waals surface area contributed by atoms with E-state index in [2.05, 4.69) is 23.9 Å². The molecule has 1 saturated heterocycles. The number of carbonyl (C=O) groups excluding carboxylic acids is 2. The summed E-state index contributed by atoms with van der Waals surface area (Å²) in [6, 6.07) is 1.13. The number of carbonyl (C=O) groups is 2. The van der Waals surface area contributed by atoms with Gasteiger partial charge in [-0.05, 0) is 33.0 Å². The molecule has 0 saturated carbocycles. The number of nitrogens with zero attached hydrogens (tertiary/aromatic N) is 1. The van der Waals surface area contributed by atoms with Crippen LogP contribution >= 0.6 is 20.0 Å². The Morgan fingerprint density at radius 3 is 2.19 bits per heavy atom. The average molecular weight is 558 g/mol. The zero-order valence-corrected chi connectivity index (χ0v) is 21.2. The van der Waals surface area contributed by atoms with E-state index in [4.69, 9.17) is 30.5 Å². The number of nitrogens with one attached hydrogen (secondary N) is 1. The third-order valence-corrected chi connectivity index (χ3v) is 6.18. The zero-order valence-electron chi connectivity index (χ0n) is 19.5. The fraction of sp³-hybridized carbons (Fsp3) is 0.667. The monoisotopic (exact) mass is 558 g/mol. The van der Waals surface area contributed by atoms with Crippen molar-refractivity contribution in [1.29, 1.82) is 0 Å². The van der Waals surface area contributed by atoms with Crippen molar-refractivity contribution in [2.75, 3.05) is 33.4 Å². The molecule has 16 nitrogen and oxygen atoms in total. The molecule has 0 aliphatic carbocycles. The van der Waals surface area contributed by atoms with Crippen LogP contribution in [-0.4, -0.2) is 83.3 Å². The van der Waals surface area contributed by atoms with Crippen LogP contribution in [-0.2, 0) is 41.8 Å². The maximum Gasteiger partial charge on any atom is 0.510 e. The fourth-order valence-corrected chi connectivity index (χ4v) is 4.04. The number of ether oxygens (including phenoxy) is 5. The second kappa shape index (κ2) is 13.3. The van der Waals surface area contributed by atoms with Crippen LogP contribution in [0.3, 0.4) is 0 Å². The highest BCUT2D eigenvalue weighted by molar-refractivity contribution is 7.71. The lowest BCUT2D eigenvalue weighted by atomic mass is 9.96. The summed E-state index contributed by atoms with van der Waals surface area (Å²) in [5.41, 5.74) is -2.42. The van der Waals surface area contributed by atoms with E-state index in [1.54, 1.807) is 0 Å². The van der Waals surface area contributed by atoms with Crippen LogP contribution in [0.1, 0.15) is 27.0 Å². The molecule has 4 atom stereocenters. The lowest BCUT2D eigenvalue weighted by Crippen LogP contribution is -2.44. The van der Waals surface area contributed by atoms with E-state index in [1.165, 1.54) is 31.5 Å². The topological polar surface area (TPSA) is 203 Å². The molecule has 0 aromatic carbocycles. The third kappa shape index (κ3) is 8.07. The van der Waals surface area contributed by atoms with Gasteiger partial charge in [0.15, 0.2) is 11.0 Å². The van der Waals surface area contributed by atoms with Crippen molar-refractivity contribution in [3.05, 3.63) is 27.4 Å². The number of hydrogen-bond donors (Lipinski definition) is 3. The number of rotatable bonds is 12. The number of aromatic amines is 1. The first-order chi connectivity index (χ1) is 16.9. The minimum atomic E-state index is -4.61. The highest BCUT2D eigenvalue weighted by Gasteiger charge is 2.53.